The first-order valence-electron chi connectivity index (χ1n) is 10.8. The third kappa shape index (κ3) is 2.82. The minimum Gasteiger partial charge on any atom is -0.481 e. The molecule has 0 amide bonds. The third-order valence-corrected chi connectivity index (χ3v) is 7.29. The molecule has 0 saturated heterocycles. The molecule has 1 unspecified atom stereocenters. The van der Waals surface area contributed by atoms with Crippen LogP contribution in [0.15, 0.2) is 41.3 Å². The lowest BCUT2D eigenvalue weighted by atomic mass is 9.61. The summed E-state index contributed by atoms with van der Waals surface area (Å²) < 4.78 is 35.0. The highest BCUT2D eigenvalue weighted by Gasteiger charge is 2.47. The SMILES string of the molecule is O=C(O)[C@H]1C2CCC(CC2)C1Nc1cc(-c2c[nH]c3ncc(F)cc23)c2occc2c1F. The average Bonchev–Trinajstić information content (AvgIpc) is 3.44. The van der Waals surface area contributed by atoms with E-state index in [0.29, 0.717) is 27.7 Å². The van der Waals surface area contributed by atoms with E-state index in [1.165, 1.54) is 12.3 Å². The zero-order valence-electron chi connectivity index (χ0n) is 17.1. The number of anilines is 1. The van der Waals surface area contributed by atoms with Gasteiger partial charge in [-0.3, -0.25) is 4.79 Å². The number of benzene rings is 1. The Bertz CT molecular complexity index is 1350. The summed E-state index contributed by atoms with van der Waals surface area (Å²) in [6.07, 6.45) is 7.94. The molecule has 3 fully saturated rings. The molecule has 0 spiro atoms. The number of hydrogen-bond donors (Lipinski definition) is 3. The molecule has 6 nitrogen and oxygen atoms in total. The van der Waals surface area contributed by atoms with E-state index in [1.807, 2.05) is 0 Å². The molecule has 8 heteroatoms. The van der Waals surface area contributed by atoms with Crippen molar-refractivity contribution in [2.24, 2.45) is 17.8 Å². The fourth-order valence-electron chi connectivity index (χ4n) is 5.81. The number of aromatic amines is 1. The fraction of sp³-hybridized carbons (Fsp3) is 0.333. The van der Waals surface area contributed by atoms with E-state index >= 15 is 4.39 Å². The van der Waals surface area contributed by atoms with E-state index in [0.717, 1.165) is 31.9 Å². The van der Waals surface area contributed by atoms with Crippen molar-refractivity contribution in [3.63, 3.8) is 0 Å². The number of nitrogens with one attached hydrogen (secondary N) is 2. The maximum absolute atomic E-state index is 15.5. The lowest BCUT2D eigenvalue weighted by molar-refractivity contribution is -0.148. The average molecular weight is 437 g/mol. The molecule has 2 bridgehead atoms. The smallest absolute Gasteiger partial charge is 0.308 e. The molecule has 3 saturated carbocycles. The molecule has 3 aliphatic rings. The minimum absolute atomic E-state index is 0.109. The molecule has 0 radical (unpaired) electrons. The van der Waals surface area contributed by atoms with Crippen LogP contribution in [0.1, 0.15) is 25.7 Å². The number of furan rings is 1. The maximum Gasteiger partial charge on any atom is 0.308 e. The fourth-order valence-corrected chi connectivity index (χ4v) is 5.81. The predicted molar refractivity (Wildman–Crippen MR) is 115 cm³/mol. The van der Waals surface area contributed by atoms with Crippen molar-refractivity contribution in [3.8, 4) is 11.1 Å². The summed E-state index contributed by atoms with van der Waals surface area (Å²) in [6.45, 7) is 0. The van der Waals surface area contributed by atoms with Crippen LogP contribution >= 0.6 is 0 Å². The molecule has 3 aliphatic carbocycles. The summed E-state index contributed by atoms with van der Waals surface area (Å²) in [4.78, 5) is 19.1. The van der Waals surface area contributed by atoms with Crippen molar-refractivity contribution in [1.82, 2.24) is 9.97 Å². The van der Waals surface area contributed by atoms with E-state index in [2.05, 4.69) is 15.3 Å². The topological polar surface area (TPSA) is 91.2 Å². The van der Waals surface area contributed by atoms with Gasteiger partial charge in [0.15, 0.2) is 5.82 Å². The van der Waals surface area contributed by atoms with Crippen LogP contribution in [0.3, 0.4) is 0 Å². The highest BCUT2D eigenvalue weighted by Crippen LogP contribution is 2.47. The molecule has 3 N–H and O–H groups in total. The number of aliphatic carboxylic acids is 1. The van der Waals surface area contributed by atoms with Gasteiger partial charge >= 0.3 is 5.97 Å². The van der Waals surface area contributed by atoms with Crippen molar-refractivity contribution in [2.75, 3.05) is 5.32 Å². The summed E-state index contributed by atoms with van der Waals surface area (Å²) in [7, 11) is 0. The highest BCUT2D eigenvalue weighted by molar-refractivity contribution is 6.04. The summed E-state index contributed by atoms with van der Waals surface area (Å²) in [6, 6.07) is 4.22. The maximum atomic E-state index is 15.5. The molecule has 3 heterocycles. The number of nitrogens with zero attached hydrogens (tertiary/aromatic N) is 1. The number of pyridine rings is 1. The Hall–Kier alpha value is -3.42. The van der Waals surface area contributed by atoms with Gasteiger partial charge in [0.25, 0.3) is 0 Å². The summed E-state index contributed by atoms with van der Waals surface area (Å²) in [5, 5.41) is 14.0. The van der Waals surface area contributed by atoms with Crippen molar-refractivity contribution >= 4 is 33.7 Å². The molecule has 32 heavy (non-hydrogen) atoms. The van der Waals surface area contributed by atoms with Gasteiger partial charge in [0, 0.05) is 28.8 Å². The van der Waals surface area contributed by atoms with Gasteiger partial charge in [-0.15, -0.1) is 0 Å². The van der Waals surface area contributed by atoms with Gasteiger partial charge in [0.05, 0.1) is 29.5 Å². The monoisotopic (exact) mass is 437 g/mol. The third-order valence-electron chi connectivity index (χ3n) is 7.29. The summed E-state index contributed by atoms with van der Waals surface area (Å²) >= 11 is 0. The van der Waals surface area contributed by atoms with Crippen molar-refractivity contribution in [2.45, 2.75) is 31.7 Å². The molecule has 1 aromatic carbocycles. The van der Waals surface area contributed by atoms with Crippen molar-refractivity contribution in [1.29, 1.82) is 0 Å². The number of hydrogen-bond acceptors (Lipinski definition) is 4. The first-order chi connectivity index (χ1) is 15.5. The minimum atomic E-state index is -0.833. The van der Waals surface area contributed by atoms with Gasteiger partial charge in [0.1, 0.15) is 17.0 Å². The Kier molecular flexibility index (Phi) is 4.25. The number of aromatic nitrogens is 2. The first kappa shape index (κ1) is 19.3. The zero-order valence-corrected chi connectivity index (χ0v) is 17.1. The lowest BCUT2D eigenvalue weighted by Crippen LogP contribution is -2.51. The van der Waals surface area contributed by atoms with Gasteiger partial charge in [-0.1, -0.05) is 0 Å². The molecule has 2 atom stereocenters. The van der Waals surface area contributed by atoms with E-state index in [-0.39, 0.29) is 29.0 Å². The Morgan fingerprint density at radius 2 is 1.91 bits per heavy atom. The summed E-state index contributed by atoms with van der Waals surface area (Å²) in [5.74, 6) is -2.03. The number of carbonyl (C=O) groups is 1. The van der Waals surface area contributed by atoms with Crippen molar-refractivity contribution in [3.05, 3.63) is 48.5 Å². The number of rotatable bonds is 4. The molecule has 0 aliphatic heterocycles. The first-order valence-corrected chi connectivity index (χ1v) is 10.8. The molecule has 4 aromatic rings. The van der Waals surface area contributed by atoms with Crippen LogP contribution < -0.4 is 5.32 Å². The number of carboxylic acids is 1. The van der Waals surface area contributed by atoms with Gasteiger partial charge in [0.2, 0.25) is 0 Å². The lowest BCUT2D eigenvalue weighted by Gasteiger charge is -2.47. The second kappa shape index (κ2) is 7.05. The Morgan fingerprint density at radius 3 is 2.69 bits per heavy atom. The van der Waals surface area contributed by atoms with Crippen molar-refractivity contribution < 1.29 is 23.1 Å². The van der Waals surface area contributed by atoms with E-state index in [4.69, 9.17) is 4.42 Å². The second-order valence-electron chi connectivity index (χ2n) is 8.91. The Balaban J connectivity index is 1.49. The molecule has 7 rings (SSSR count). The summed E-state index contributed by atoms with van der Waals surface area (Å²) in [5.41, 5.74) is 2.31. The van der Waals surface area contributed by atoms with Gasteiger partial charge in [-0.25, -0.2) is 13.8 Å². The van der Waals surface area contributed by atoms with Crippen LogP contribution in [0.4, 0.5) is 14.5 Å². The van der Waals surface area contributed by atoms with E-state index in [1.54, 1.807) is 18.3 Å². The normalized spacial score (nSPS) is 24.9. The van der Waals surface area contributed by atoms with E-state index < -0.39 is 23.5 Å². The molecule has 164 valence electrons. The largest absolute Gasteiger partial charge is 0.481 e. The number of H-pyrrole nitrogens is 1. The Labute approximate surface area is 181 Å². The van der Waals surface area contributed by atoms with E-state index in [9.17, 15) is 14.3 Å². The molecular formula is C24H21F2N3O3. The molecular weight excluding hydrogens is 416 g/mol. The van der Waals surface area contributed by atoms with Crippen LogP contribution in [0.5, 0.6) is 0 Å². The number of fused-ring (bicyclic) bond motifs is 5. The predicted octanol–water partition coefficient (Wildman–Crippen LogP) is 5.56. The number of carboxylic acid groups (broad SMARTS) is 1. The standard InChI is InChI=1S/C24H21F2N3O3/c25-13-7-16-17(10-28-23(16)27-9-13)15-8-18(20(26)14-5-6-32-22(14)15)29-21-12-3-1-11(2-4-12)19(21)24(30)31/h5-12,19,21,29H,1-4H2,(H,27,28)(H,30,31)/t11?,12?,19-,21?/m0/s1. The van der Waals surface area contributed by atoms with Crippen LogP contribution in [-0.2, 0) is 4.79 Å². The zero-order chi connectivity index (χ0) is 22.0. The van der Waals surface area contributed by atoms with Crippen LogP contribution in [-0.4, -0.2) is 27.1 Å². The number of halogens is 2. The van der Waals surface area contributed by atoms with Gasteiger partial charge in [-0.05, 0) is 55.7 Å². The van der Waals surface area contributed by atoms with Crippen LogP contribution in [0.2, 0.25) is 0 Å². The van der Waals surface area contributed by atoms with Gasteiger partial charge < -0.3 is 19.8 Å². The van der Waals surface area contributed by atoms with Crippen LogP contribution in [0, 0.1) is 29.4 Å². The quantitative estimate of drug-likeness (QED) is 0.389. The van der Waals surface area contributed by atoms with Crippen LogP contribution in [0.25, 0.3) is 33.1 Å². The highest BCUT2D eigenvalue weighted by atomic mass is 19.1. The van der Waals surface area contributed by atoms with Gasteiger partial charge in [-0.2, -0.15) is 0 Å². The second-order valence-corrected chi connectivity index (χ2v) is 8.91. The molecule has 3 aromatic heterocycles. The Morgan fingerprint density at radius 1 is 1.12 bits per heavy atom.